The van der Waals surface area contributed by atoms with Crippen LogP contribution in [0.4, 0.5) is 4.39 Å². The number of aromatic nitrogens is 3. The van der Waals surface area contributed by atoms with E-state index in [4.69, 9.17) is 4.74 Å². The van der Waals surface area contributed by atoms with E-state index in [1.54, 1.807) is 0 Å². The van der Waals surface area contributed by atoms with Gasteiger partial charge in [-0.25, -0.2) is 4.98 Å². The Bertz CT molecular complexity index is 1410. The SMILES string of the molecule is CCCN(C)C(=O)CCCCCCOc1ccc(/C(=C(/CC)c2ccccc2)c2ccc3n[nH]c(F)c3c2)cn1. The zero-order chi connectivity index (χ0) is 28.3. The molecule has 2 aromatic carbocycles. The van der Waals surface area contributed by atoms with Gasteiger partial charge in [0.25, 0.3) is 0 Å². The number of nitrogens with one attached hydrogen (secondary N) is 1. The molecule has 0 saturated heterocycles. The highest BCUT2D eigenvalue weighted by Gasteiger charge is 2.16. The van der Waals surface area contributed by atoms with E-state index >= 15 is 0 Å². The number of H-pyrrole nitrogens is 1. The second-order valence-electron chi connectivity index (χ2n) is 10.1. The molecule has 6 nitrogen and oxygen atoms in total. The number of fused-ring (bicyclic) bond motifs is 1. The number of rotatable bonds is 14. The molecule has 0 radical (unpaired) electrons. The predicted octanol–water partition coefficient (Wildman–Crippen LogP) is 7.66. The standard InChI is InChI=1S/C33H39FN4O2/c1-4-20-38(3)31(39)15-11-6-7-12-21-40-30-19-17-26(23-35-30)32(27(5-2)24-13-9-8-10-14-24)25-16-18-29-28(22-25)33(34)37-36-29/h8-10,13-14,16-19,22-23H,4-7,11-12,15,20-21H2,1-3H3,(H,36,37)/b32-27-. The van der Waals surface area contributed by atoms with Gasteiger partial charge in [-0.3, -0.25) is 9.89 Å². The van der Waals surface area contributed by atoms with E-state index in [9.17, 15) is 9.18 Å². The van der Waals surface area contributed by atoms with Crippen LogP contribution in [0.5, 0.6) is 5.88 Å². The van der Waals surface area contributed by atoms with Crippen LogP contribution in [0.15, 0.2) is 66.9 Å². The number of amides is 1. The number of pyridine rings is 1. The summed E-state index contributed by atoms with van der Waals surface area (Å²) in [4.78, 5) is 18.5. The Hall–Kier alpha value is -4.00. The van der Waals surface area contributed by atoms with Crippen molar-refractivity contribution in [1.29, 1.82) is 0 Å². The molecule has 210 valence electrons. The number of carbonyl (C=O) groups excluding carboxylic acids is 1. The van der Waals surface area contributed by atoms with Gasteiger partial charge < -0.3 is 9.64 Å². The predicted molar refractivity (Wildman–Crippen MR) is 159 cm³/mol. The molecule has 0 aliphatic rings. The number of carbonyl (C=O) groups is 1. The van der Waals surface area contributed by atoms with Crippen LogP contribution in [-0.2, 0) is 4.79 Å². The first-order valence-corrected chi connectivity index (χ1v) is 14.3. The summed E-state index contributed by atoms with van der Waals surface area (Å²) in [6, 6.07) is 19.8. The minimum atomic E-state index is -0.439. The summed E-state index contributed by atoms with van der Waals surface area (Å²) < 4.78 is 20.3. The van der Waals surface area contributed by atoms with Gasteiger partial charge >= 0.3 is 0 Å². The Morgan fingerprint density at radius 3 is 2.45 bits per heavy atom. The highest BCUT2D eigenvalue weighted by molar-refractivity contribution is 6.00. The summed E-state index contributed by atoms with van der Waals surface area (Å²) in [5.41, 5.74) is 5.72. The molecule has 0 atom stereocenters. The van der Waals surface area contributed by atoms with Crippen LogP contribution in [0.3, 0.4) is 0 Å². The van der Waals surface area contributed by atoms with Gasteiger partial charge in [0.05, 0.1) is 17.5 Å². The summed E-state index contributed by atoms with van der Waals surface area (Å²) in [7, 11) is 1.87. The van der Waals surface area contributed by atoms with Gasteiger partial charge in [0.15, 0.2) is 0 Å². The van der Waals surface area contributed by atoms with Crippen molar-refractivity contribution in [3.05, 3.63) is 89.5 Å². The highest BCUT2D eigenvalue weighted by atomic mass is 19.1. The molecule has 0 aliphatic heterocycles. The fourth-order valence-corrected chi connectivity index (χ4v) is 4.99. The Balaban J connectivity index is 1.43. The quantitative estimate of drug-likeness (QED) is 0.131. The molecular formula is C33H39FN4O2. The Kier molecular flexibility index (Phi) is 10.4. The maximum atomic E-state index is 14.4. The minimum absolute atomic E-state index is 0.226. The molecule has 0 fully saturated rings. The Morgan fingerprint density at radius 1 is 0.950 bits per heavy atom. The maximum Gasteiger partial charge on any atom is 0.222 e. The van der Waals surface area contributed by atoms with Crippen LogP contribution in [0, 0.1) is 5.95 Å². The number of aromatic amines is 1. The van der Waals surface area contributed by atoms with Crippen LogP contribution < -0.4 is 4.74 Å². The zero-order valence-corrected chi connectivity index (χ0v) is 23.8. The number of allylic oxidation sites excluding steroid dienone is 1. The average molecular weight is 543 g/mol. The largest absolute Gasteiger partial charge is 0.478 e. The van der Waals surface area contributed by atoms with Gasteiger partial charge in [-0.2, -0.15) is 9.49 Å². The number of ether oxygens (including phenoxy) is 1. The summed E-state index contributed by atoms with van der Waals surface area (Å²) in [6.07, 6.45) is 8.07. The van der Waals surface area contributed by atoms with Crippen LogP contribution >= 0.6 is 0 Å². The third-order valence-electron chi connectivity index (χ3n) is 7.12. The lowest BCUT2D eigenvalue weighted by Crippen LogP contribution is -2.26. The molecular weight excluding hydrogens is 503 g/mol. The Labute approximate surface area is 236 Å². The van der Waals surface area contributed by atoms with E-state index in [0.29, 0.717) is 29.8 Å². The number of halogens is 1. The van der Waals surface area contributed by atoms with Crippen LogP contribution in [-0.4, -0.2) is 46.2 Å². The molecule has 0 saturated carbocycles. The number of hydrogen-bond donors (Lipinski definition) is 1. The molecule has 1 amide bonds. The molecule has 4 aromatic rings. The zero-order valence-electron chi connectivity index (χ0n) is 23.8. The first-order chi connectivity index (χ1) is 19.5. The first kappa shape index (κ1) is 29.0. The molecule has 40 heavy (non-hydrogen) atoms. The number of benzene rings is 2. The molecule has 1 N–H and O–H groups in total. The first-order valence-electron chi connectivity index (χ1n) is 14.3. The molecule has 2 aromatic heterocycles. The monoisotopic (exact) mass is 542 g/mol. The van der Waals surface area contributed by atoms with Crippen molar-refractivity contribution in [2.75, 3.05) is 20.2 Å². The molecule has 0 unspecified atom stereocenters. The lowest BCUT2D eigenvalue weighted by Gasteiger charge is -2.16. The molecule has 4 rings (SSSR count). The summed E-state index contributed by atoms with van der Waals surface area (Å²) in [5.74, 6) is 0.365. The summed E-state index contributed by atoms with van der Waals surface area (Å²) >= 11 is 0. The van der Waals surface area contributed by atoms with Crippen molar-refractivity contribution in [3.8, 4) is 5.88 Å². The molecule has 0 spiro atoms. The average Bonchev–Trinajstić information content (AvgIpc) is 3.36. The molecule has 0 bridgehead atoms. The third-order valence-corrected chi connectivity index (χ3v) is 7.12. The maximum absolute atomic E-state index is 14.4. The van der Waals surface area contributed by atoms with Crippen molar-refractivity contribution in [2.24, 2.45) is 0 Å². The highest BCUT2D eigenvalue weighted by Crippen LogP contribution is 2.35. The molecule has 7 heteroatoms. The van der Waals surface area contributed by atoms with Gasteiger partial charge in [-0.1, -0.05) is 63.1 Å². The van der Waals surface area contributed by atoms with Gasteiger partial charge in [0.1, 0.15) is 0 Å². The van der Waals surface area contributed by atoms with Crippen molar-refractivity contribution in [2.45, 2.75) is 58.8 Å². The van der Waals surface area contributed by atoms with Crippen molar-refractivity contribution in [1.82, 2.24) is 20.1 Å². The number of hydrogen-bond acceptors (Lipinski definition) is 4. The summed E-state index contributed by atoms with van der Waals surface area (Å²) in [6.45, 7) is 5.61. The van der Waals surface area contributed by atoms with E-state index in [0.717, 1.165) is 72.9 Å². The van der Waals surface area contributed by atoms with E-state index in [-0.39, 0.29) is 5.91 Å². The minimum Gasteiger partial charge on any atom is -0.478 e. The third kappa shape index (κ3) is 7.34. The van der Waals surface area contributed by atoms with Crippen molar-refractivity contribution < 1.29 is 13.9 Å². The fraction of sp³-hybridized carbons (Fsp3) is 0.364. The fourth-order valence-electron chi connectivity index (χ4n) is 4.99. The van der Waals surface area contributed by atoms with Gasteiger partial charge in [0.2, 0.25) is 17.7 Å². The van der Waals surface area contributed by atoms with E-state index in [2.05, 4.69) is 41.2 Å². The normalized spacial score (nSPS) is 11.9. The number of unbranched alkanes of at least 4 members (excludes halogenated alkanes) is 3. The van der Waals surface area contributed by atoms with Gasteiger partial charge in [-0.15, -0.1) is 0 Å². The lowest BCUT2D eigenvalue weighted by molar-refractivity contribution is -0.130. The molecule has 0 aliphatic carbocycles. The van der Waals surface area contributed by atoms with E-state index in [1.165, 1.54) is 0 Å². The number of nitrogens with zero attached hydrogens (tertiary/aromatic N) is 3. The molecule has 2 heterocycles. The smallest absolute Gasteiger partial charge is 0.222 e. The van der Waals surface area contributed by atoms with Crippen molar-refractivity contribution in [3.63, 3.8) is 0 Å². The second-order valence-corrected chi connectivity index (χ2v) is 10.1. The van der Waals surface area contributed by atoms with Crippen molar-refractivity contribution >= 4 is 28.0 Å². The van der Waals surface area contributed by atoms with Crippen LogP contribution in [0.1, 0.15) is 75.5 Å². The topological polar surface area (TPSA) is 71.1 Å². The van der Waals surface area contributed by atoms with Gasteiger partial charge in [-0.05, 0) is 66.2 Å². The summed E-state index contributed by atoms with van der Waals surface area (Å²) in [5, 5.41) is 6.94. The Morgan fingerprint density at radius 2 is 1.73 bits per heavy atom. The van der Waals surface area contributed by atoms with E-state index in [1.807, 2.05) is 66.7 Å². The van der Waals surface area contributed by atoms with Crippen LogP contribution in [0.2, 0.25) is 0 Å². The van der Waals surface area contributed by atoms with Crippen LogP contribution in [0.25, 0.3) is 22.0 Å². The van der Waals surface area contributed by atoms with E-state index < -0.39 is 5.95 Å². The van der Waals surface area contributed by atoms with Gasteiger partial charge in [0, 0.05) is 37.8 Å². The second kappa shape index (κ2) is 14.4. The lowest BCUT2D eigenvalue weighted by atomic mass is 9.88.